The summed E-state index contributed by atoms with van der Waals surface area (Å²) >= 11 is 0. The average molecular weight is 280 g/mol. The minimum atomic E-state index is -0.0591. The normalized spacial score (nSPS) is 24.3. The second-order valence-corrected chi connectivity index (χ2v) is 6.89. The fourth-order valence-electron chi connectivity index (χ4n) is 2.76. The summed E-state index contributed by atoms with van der Waals surface area (Å²) in [6, 6.07) is 0.991. The van der Waals surface area contributed by atoms with Crippen molar-refractivity contribution in [2.24, 2.45) is 5.73 Å². The predicted molar refractivity (Wildman–Crippen MR) is 79.3 cm³/mol. The lowest BCUT2D eigenvalue weighted by Gasteiger charge is -2.34. The van der Waals surface area contributed by atoms with Crippen LogP contribution in [0, 0.1) is 0 Å². The highest BCUT2D eigenvalue weighted by molar-refractivity contribution is 5.00. The van der Waals surface area contributed by atoms with Crippen molar-refractivity contribution in [1.82, 2.24) is 15.0 Å². The Balaban J connectivity index is 1.98. The molecule has 114 valence electrons. The Hall–Kier alpha value is -0.940. The summed E-state index contributed by atoms with van der Waals surface area (Å²) < 4.78 is 5.41. The van der Waals surface area contributed by atoms with Gasteiger partial charge in [-0.1, -0.05) is 32.9 Å². The number of nitrogens with two attached hydrogens (primary N) is 1. The Bertz CT molecular complexity index is 416. The maximum atomic E-state index is 5.98. The molecule has 0 spiro atoms. The zero-order chi connectivity index (χ0) is 14.8. The molecule has 2 N–H and O–H groups in total. The van der Waals surface area contributed by atoms with Gasteiger partial charge in [0.15, 0.2) is 5.82 Å². The van der Waals surface area contributed by atoms with Crippen LogP contribution in [0.1, 0.15) is 65.1 Å². The fraction of sp³-hybridized carbons (Fsp3) is 0.867. The van der Waals surface area contributed by atoms with Gasteiger partial charge >= 0.3 is 0 Å². The molecule has 0 saturated heterocycles. The van der Waals surface area contributed by atoms with E-state index in [1.54, 1.807) is 0 Å². The topological polar surface area (TPSA) is 68.2 Å². The second kappa shape index (κ2) is 6.22. The summed E-state index contributed by atoms with van der Waals surface area (Å²) in [6.45, 7) is 10.2. The Morgan fingerprint density at radius 1 is 1.25 bits per heavy atom. The monoisotopic (exact) mass is 280 g/mol. The molecule has 0 amide bonds. The van der Waals surface area contributed by atoms with Crippen LogP contribution in [0.2, 0.25) is 0 Å². The molecule has 1 fully saturated rings. The van der Waals surface area contributed by atoms with Crippen LogP contribution in [0.3, 0.4) is 0 Å². The SMILES string of the molecule is CCN(Cc1nc(C(C)(C)C)no1)C1CCC(N)CC1. The molecule has 5 nitrogen and oxygen atoms in total. The van der Waals surface area contributed by atoms with Gasteiger partial charge in [-0.15, -0.1) is 0 Å². The van der Waals surface area contributed by atoms with Crippen molar-refractivity contribution in [3.63, 3.8) is 0 Å². The van der Waals surface area contributed by atoms with Crippen molar-refractivity contribution in [2.45, 2.75) is 77.4 Å². The molecule has 5 heteroatoms. The van der Waals surface area contributed by atoms with Crippen LogP contribution >= 0.6 is 0 Å². The lowest BCUT2D eigenvalue weighted by molar-refractivity contribution is 0.133. The van der Waals surface area contributed by atoms with E-state index in [2.05, 4.69) is 42.7 Å². The van der Waals surface area contributed by atoms with Gasteiger partial charge in [0.2, 0.25) is 5.89 Å². The molecule has 1 aromatic heterocycles. The molecule has 0 unspecified atom stereocenters. The highest BCUT2D eigenvalue weighted by Gasteiger charge is 2.26. The van der Waals surface area contributed by atoms with E-state index in [9.17, 15) is 0 Å². The summed E-state index contributed by atoms with van der Waals surface area (Å²) in [7, 11) is 0. The van der Waals surface area contributed by atoms with Crippen LogP contribution in [0.25, 0.3) is 0 Å². The summed E-state index contributed by atoms with van der Waals surface area (Å²) in [5.74, 6) is 1.51. The fourth-order valence-corrected chi connectivity index (χ4v) is 2.76. The molecule has 1 aliphatic carbocycles. The van der Waals surface area contributed by atoms with Gasteiger partial charge in [-0.3, -0.25) is 4.90 Å². The molecular formula is C15H28N4O. The lowest BCUT2D eigenvalue weighted by Crippen LogP contribution is -2.40. The van der Waals surface area contributed by atoms with Crippen LogP contribution < -0.4 is 5.73 Å². The first kappa shape index (κ1) is 15.4. The number of nitrogens with zero attached hydrogens (tertiary/aromatic N) is 3. The van der Waals surface area contributed by atoms with E-state index in [1.165, 1.54) is 12.8 Å². The Kier molecular flexibility index (Phi) is 4.81. The maximum absolute atomic E-state index is 5.98. The molecule has 0 atom stereocenters. The van der Waals surface area contributed by atoms with E-state index in [-0.39, 0.29) is 5.41 Å². The highest BCUT2D eigenvalue weighted by Crippen LogP contribution is 2.24. The number of rotatable bonds is 4. The molecule has 0 bridgehead atoms. The van der Waals surface area contributed by atoms with Gasteiger partial charge in [0.1, 0.15) is 0 Å². The van der Waals surface area contributed by atoms with Gasteiger partial charge < -0.3 is 10.3 Å². The van der Waals surface area contributed by atoms with Gasteiger partial charge in [0, 0.05) is 17.5 Å². The van der Waals surface area contributed by atoms with Gasteiger partial charge in [-0.05, 0) is 32.2 Å². The van der Waals surface area contributed by atoms with Crippen LogP contribution in [0.15, 0.2) is 4.52 Å². The predicted octanol–water partition coefficient (Wildman–Crippen LogP) is 2.46. The van der Waals surface area contributed by atoms with Crippen molar-refractivity contribution < 1.29 is 4.52 Å². The van der Waals surface area contributed by atoms with Crippen molar-refractivity contribution in [2.75, 3.05) is 6.54 Å². The molecule has 0 radical (unpaired) electrons. The summed E-state index contributed by atoms with van der Waals surface area (Å²) in [5, 5.41) is 4.10. The van der Waals surface area contributed by atoms with E-state index in [0.717, 1.165) is 37.6 Å². The second-order valence-electron chi connectivity index (χ2n) is 6.89. The smallest absolute Gasteiger partial charge is 0.240 e. The van der Waals surface area contributed by atoms with Crippen molar-refractivity contribution >= 4 is 0 Å². The van der Waals surface area contributed by atoms with E-state index < -0.39 is 0 Å². The first-order valence-corrected chi connectivity index (χ1v) is 7.73. The molecule has 0 aromatic carbocycles. The number of hydrogen-bond acceptors (Lipinski definition) is 5. The van der Waals surface area contributed by atoms with E-state index in [0.29, 0.717) is 12.1 Å². The van der Waals surface area contributed by atoms with Crippen molar-refractivity contribution in [3.8, 4) is 0 Å². The van der Waals surface area contributed by atoms with Crippen LogP contribution in [-0.4, -0.2) is 33.7 Å². The summed E-state index contributed by atoms with van der Waals surface area (Å²) in [6.07, 6.45) is 4.60. The van der Waals surface area contributed by atoms with E-state index in [1.807, 2.05) is 0 Å². The third-order valence-corrected chi connectivity index (χ3v) is 4.14. The molecule has 1 aliphatic rings. The first-order chi connectivity index (χ1) is 9.40. The number of hydrogen-bond donors (Lipinski definition) is 1. The van der Waals surface area contributed by atoms with Crippen molar-refractivity contribution in [3.05, 3.63) is 11.7 Å². The Morgan fingerprint density at radius 3 is 2.40 bits per heavy atom. The van der Waals surface area contributed by atoms with Gasteiger partial charge in [0.05, 0.1) is 6.54 Å². The highest BCUT2D eigenvalue weighted by atomic mass is 16.5. The van der Waals surface area contributed by atoms with Crippen molar-refractivity contribution in [1.29, 1.82) is 0 Å². The Labute approximate surface area is 121 Å². The maximum Gasteiger partial charge on any atom is 0.240 e. The standard InChI is InChI=1S/C15H28N4O/c1-5-19(12-8-6-11(16)7-9-12)10-13-17-14(18-20-13)15(2,3)4/h11-12H,5-10,16H2,1-4H3. The molecule has 1 saturated carbocycles. The summed E-state index contributed by atoms with van der Waals surface area (Å²) in [5.41, 5.74) is 5.92. The Morgan fingerprint density at radius 2 is 1.90 bits per heavy atom. The van der Waals surface area contributed by atoms with Crippen LogP contribution in [0.4, 0.5) is 0 Å². The summed E-state index contributed by atoms with van der Waals surface area (Å²) in [4.78, 5) is 6.97. The van der Waals surface area contributed by atoms with E-state index in [4.69, 9.17) is 10.3 Å². The molecule has 20 heavy (non-hydrogen) atoms. The first-order valence-electron chi connectivity index (χ1n) is 7.73. The van der Waals surface area contributed by atoms with Gasteiger partial charge in [0.25, 0.3) is 0 Å². The minimum absolute atomic E-state index is 0.0591. The molecule has 1 aromatic rings. The van der Waals surface area contributed by atoms with E-state index >= 15 is 0 Å². The van der Waals surface area contributed by atoms with Gasteiger partial charge in [-0.2, -0.15) is 4.98 Å². The number of aromatic nitrogens is 2. The largest absolute Gasteiger partial charge is 0.338 e. The average Bonchev–Trinajstić information content (AvgIpc) is 2.85. The molecule has 0 aliphatic heterocycles. The third-order valence-electron chi connectivity index (χ3n) is 4.14. The third kappa shape index (κ3) is 3.79. The zero-order valence-corrected chi connectivity index (χ0v) is 13.2. The van der Waals surface area contributed by atoms with Crippen LogP contribution in [0.5, 0.6) is 0 Å². The van der Waals surface area contributed by atoms with Gasteiger partial charge in [-0.25, -0.2) is 0 Å². The quantitative estimate of drug-likeness (QED) is 0.917. The minimum Gasteiger partial charge on any atom is -0.338 e. The molecule has 2 rings (SSSR count). The lowest BCUT2D eigenvalue weighted by atomic mass is 9.91. The molecular weight excluding hydrogens is 252 g/mol. The molecule has 1 heterocycles. The zero-order valence-electron chi connectivity index (χ0n) is 13.2. The van der Waals surface area contributed by atoms with Crippen LogP contribution in [-0.2, 0) is 12.0 Å².